The van der Waals surface area contributed by atoms with Crippen LogP contribution in [0.1, 0.15) is 84.0 Å². The van der Waals surface area contributed by atoms with Crippen molar-refractivity contribution >= 4 is 0 Å². The molecule has 2 radical (unpaired) electrons. The van der Waals surface area contributed by atoms with Crippen LogP contribution in [-0.4, -0.2) is 12.2 Å². The zero-order valence-corrected chi connectivity index (χ0v) is 14.3. The summed E-state index contributed by atoms with van der Waals surface area (Å²) in [6.45, 7) is 2.42. The van der Waals surface area contributed by atoms with Gasteiger partial charge < -0.3 is 0 Å². The van der Waals surface area contributed by atoms with Gasteiger partial charge in [-0.15, -0.1) is 0 Å². The monoisotopic (exact) mass is 306 g/mol. The van der Waals surface area contributed by atoms with Crippen LogP contribution in [0.5, 0.6) is 0 Å². The molecule has 0 bridgehead atoms. The predicted molar refractivity (Wildman–Crippen MR) is 87.5 cm³/mol. The largest absolute Gasteiger partial charge is 0.233 e. The van der Waals surface area contributed by atoms with Crippen molar-refractivity contribution < 1.29 is 10.2 Å². The molecule has 2 unspecified atom stereocenters. The summed E-state index contributed by atoms with van der Waals surface area (Å²) in [4.78, 5) is 0. The van der Waals surface area contributed by atoms with E-state index in [1.807, 2.05) is 0 Å². The average molecular weight is 306 g/mol. The summed E-state index contributed by atoms with van der Waals surface area (Å²) >= 11 is 0. The van der Waals surface area contributed by atoms with E-state index in [1.54, 1.807) is 0 Å². The SMILES string of the molecule is CC1CCCC(C(C2CCC([O])CC2)C2CCC([O])CC2)C1. The van der Waals surface area contributed by atoms with Crippen LogP contribution in [0.2, 0.25) is 0 Å². The van der Waals surface area contributed by atoms with Gasteiger partial charge in [-0.1, -0.05) is 26.2 Å². The van der Waals surface area contributed by atoms with E-state index in [0.29, 0.717) is 0 Å². The molecule has 0 aliphatic heterocycles. The summed E-state index contributed by atoms with van der Waals surface area (Å²) in [5.74, 6) is 4.16. The van der Waals surface area contributed by atoms with Crippen LogP contribution in [0.4, 0.5) is 0 Å². The second-order valence-corrected chi connectivity index (χ2v) is 8.68. The van der Waals surface area contributed by atoms with Gasteiger partial charge in [0.2, 0.25) is 0 Å². The molecule has 3 aliphatic rings. The molecule has 0 saturated heterocycles. The first kappa shape index (κ1) is 16.8. The van der Waals surface area contributed by atoms with Gasteiger partial charge in [0.1, 0.15) is 0 Å². The van der Waals surface area contributed by atoms with Gasteiger partial charge in [-0.05, 0) is 87.4 Å². The quantitative estimate of drug-likeness (QED) is 0.669. The van der Waals surface area contributed by atoms with Crippen LogP contribution in [0.3, 0.4) is 0 Å². The summed E-state index contributed by atoms with van der Waals surface area (Å²) in [7, 11) is 0. The first-order valence-electron chi connectivity index (χ1n) is 9.95. The van der Waals surface area contributed by atoms with Gasteiger partial charge in [0.05, 0.1) is 12.2 Å². The van der Waals surface area contributed by atoms with E-state index in [1.165, 1.54) is 51.4 Å². The van der Waals surface area contributed by atoms with E-state index in [4.69, 9.17) is 0 Å². The fraction of sp³-hybridized carbons (Fsp3) is 1.00. The average Bonchev–Trinajstić information content (AvgIpc) is 2.51. The smallest absolute Gasteiger partial charge is 0.0930 e. The molecule has 0 N–H and O–H groups in total. The summed E-state index contributed by atoms with van der Waals surface area (Å²) in [5.41, 5.74) is 0. The highest BCUT2D eigenvalue weighted by atomic mass is 16.3. The molecule has 0 aromatic heterocycles. The minimum atomic E-state index is -0.292. The summed E-state index contributed by atoms with van der Waals surface area (Å²) in [6.07, 6.45) is 13.3. The van der Waals surface area contributed by atoms with E-state index in [-0.39, 0.29) is 12.2 Å². The minimum Gasteiger partial charge on any atom is -0.233 e. The van der Waals surface area contributed by atoms with E-state index in [0.717, 1.165) is 55.3 Å². The van der Waals surface area contributed by atoms with Crippen LogP contribution in [0.15, 0.2) is 0 Å². The van der Waals surface area contributed by atoms with Crippen molar-refractivity contribution in [2.24, 2.45) is 29.6 Å². The Bertz CT molecular complexity index is 305. The normalized spacial score (nSPS) is 45.4. The van der Waals surface area contributed by atoms with Crippen molar-refractivity contribution in [3.63, 3.8) is 0 Å². The molecule has 3 aliphatic carbocycles. The Balaban J connectivity index is 1.69. The van der Waals surface area contributed by atoms with Crippen molar-refractivity contribution in [2.75, 3.05) is 0 Å². The Labute approximate surface area is 136 Å². The molecule has 2 nitrogen and oxygen atoms in total. The van der Waals surface area contributed by atoms with Gasteiger partial charge in [-0.2, -0.15) is 0 Å². The van der Waals surface area contributed by atoms with E-state index in [9.17, 15) is 10.2 Å². The Morgan fingerprint density at radius 1 is 0.636 bits per heavy atom. The maximum atomic E-state index is 11.7. The molecule has 0 amide bonds. The fourth-order valence-corrected chi connectivity index (χ4v) is 5.93. The lowest BCUT2D eigenvalue weighted by Gasteiger charge is -2.45. The second kappa shape index (κ2) is 7.66. The maximum Gasteiger partial charge on any atom is 0.0930 e. The van der Waals surface area contributed by atoms with Crippen molar-refractivity contribution in [1.82, 2.24) is 0 Å². The first-order valence-corrected chi connectivity index (χ1v) is 9.95. The van der Waals surface area contributed by atoms with Gasteiger partial charge in [-0.25, -0.2) is 10.2 Å². The van der Waals surface area contributed by atoms with Crippen molar-refractivity contribution in [1.29, 1.82) is 0 Å². The van der Waals surface area contributed by atoms with Crippen molar-refractivity contribution in [2.45, 2.75) is 96.2 Å². The summed E-state index contributed by atoms with van der Waals surface area (Å²) in [6, 6.07) is 0. The zero-order valence-electron chi connectivity index (χ0n) is 14.3. The summed E-state index contributed by atoms with van der Waals surface area (Å²) in [5, 5.41) is 23.4. The topological polar surface area (TPSA) is 39.8 Å². The summed E-state index contributed by atoms with van der Waals surface area (Å²) < 4.78 is 0. The highest BCUT2D eigenvalue weighted by Crippen LogP contribution is 2.48. The van der Waals surface area contributed by atoms with Crippen molar-refractivity contribution in [3.05, 3.63) is 0 Å². The lowest BCUT2D eigenvalue weighted by atomic mass is 9.60. The molecule has 3 saturated carbocycles. The Morgan fingerprint density at radius 2 is 1.14 bits per heavy atom. The lowest BCUT2D eigenvalue weighted by molar-refractivity contribution is -0.0189. The van der Waals surface area contributed by atoms with Gasteiger partial charge in [0, 0.05) is 0 Å². The molecule has 3 fully saturated rings. The number of hydrogen-bond acceptors (Lipinski definition) is 0. The van der Waals surface area contributed by atoms with Crippen LogP contribution in [-0.2, 0) is 10.2 Å². The van der Waals surface area contributed by atoms with E-state index in [2.05, 4.69) is 6.92 Å². The molecule has 3 rings (SSSR count). The number of hydrogen-bond donors (Lipinski definition) is 0. The van der Waals surface area contributed by atoms with E-state index < -0.39 is 0 Å². The fourth-order valence-electron chi connectivity index (χ4n) is 5.93. The Kier molecular flexibility index (Phi) is 5.84. The molecular weight excluding hydrogens is 272 g/mol. The molecule has 0 aromatic carbocycles. The third kappa shape index (κ3) is 4.06. The molecule has 22 heavy (non-hydrogen) atoms. The molecule has 0 aromatic rings. The lowest BCUT2D eigenvalue weighted by Crippen LogP contribution is -2.37. The van der Waals surface area contributed by atoms with Crippen LogP contribution < -0.4 is 0 Å². The van der Waals surface area contributed by atoms with Crippen molar-refractivity contribution in [3.8, 4) is 0 Å². The number of rotatable bonds is 3. The third-order valence-corrected chi connectivity index (χ3v) is 7.05. The second-order valence-electron chi connectivity index (χ2n) is 8.68. The van der Waals surface area contributed by atoms with E-state index >= 15 is 0 Å². The minimum absolute atomic E-state index is 0.292. The molecular formula is C20H34O2. The zero-order chi connectivity index (χ0) is 15.5. The highest BCUT2D eigenvalue weighted by molar-refractivity contribution is 4.90. The maximum absolute atomic E-state index is 11.7. The van der Waals surface area contributed by atoms with Crippen LogP contribution >= 0.6 is 0 Å². The van der Waals surface area contributed by atoms with Crippen LogP contribution in [0.25, 0.3) is 0 Å². The van der Waals surface area contributed by atoms with Crippen LogP contribution in [0, 0.1) is 29.6 Å². The van der Waals surface area contributed by atoms with Gasteiger partial charge >= 0.3 is 0 Å². The molecule has 126 valence electrons. The van der Waals surface area contributed by atoms with Gasteiger partial charge in [0.25, 0.3) is 0 Å². The highest BCUT2D eigenvalue weighted by Gasteiger charge is 2.40. The third-order valence-electron chi connectivity index (χ3n) is 7.05. The van der Waals surface area contributed by atoms with Gasteiger partial charge in [-0.3, -0.25) is 0 Å². The van der Waals surface area contributed by atoms with Gasteiger partial charge in [0.15, 0.2) is 0 Å². The molecule has 0 heterocycles. The predicted octanol–water partition coefficient (Wildman–Crippen LogP) is 5.41. The Hall–Kier alpha value is -0.0800. The molecule has 2 heteroatoms. The molecule has 2 atom stereocenters. The Morgan fingerprint density at radius 3 is 1.59 bits per heavy atom. The standard InChI is InChI=1S/C20H34O2/c1-14-3-2-4-17(13-14)20(15-5-9-18(21)10-6-15)16-7-11-19(22)12-8-16/h14-20H,2-13H2,1H3. The first-order chi connectivity index (χ1) is 10.6. The molecule has 0 spiro atoms.